The van der Waals surface area contributed by atoms with Gasteiger partial charge in [-0.05, 0) is 0 Å². The molecule has 0 bridgehead atoms. The van der Waals surface area contributed by atoms with Gasteiger partial charge in [0, 0.05) is 7.05 Å². The number of hydrogen-bond donors (Lipinski definition) is 2. The molecule has 1 amide bonds. The Labute approximate surface area is 91.7 Å². The topological polar surface area (TPSA) is 114 Å². The summed E-state index contributed by atoms with van der Waals surface area (Å²) in [4.78, 5) is 26.6. The van der Waals surface area contributed by atoms with E-state index >= 15 is 0 Å². The third-order valence-electron chi connectivity index (χ3n) is 1.91. The number of carbonyl (C=O) groups is 2. The van der Waals surface area contributed by atoms with E-state index in [1.807, 2.05) is 0 Å². The molecule has 0 atom stereocenters. The predicted molar refractivity (Wildman–Crippen MR) is 53.1 cm³/mol. The summed E-state index contributed by atoms with van der Waals surface area (Å²) in [6.07, 6.45) is 1.36. The number of aryl methyl sites for hydroxylation is 1. The Morgan fingerprint density at radius 2 is 2.25 bits per heavy atom. The Kier molecular flexibility index (Phi) is 3.95. The zero-order valence-electron chi connectivity index (χ0n) is 8.83. The van der Waals surface area contributed by atoms with Gasteiger partial charge in [-0.1, -0.05) is 0 Å². The highest BCUT2D eigenvalue weighted by Gasteiger charge is 2.15. The smallest absolute Gasteiger partial charge is 0.317 e. The fourth-order valence-corrected chi connectivity index (χ4v) is 1.24. The SMILES string of the molecule is Cn1ncnc1CN(CC(N)=O)CC(=O)O. The number of amides is 1. The van der Waals surface area contributed by atoms with Crippen molar-refractivity contribution < 1.29 is 14.7 Å². The molecule has 88 valence electrons. The number of nitrogens with two attached hydrogens (primary N) is 1. The monoisotopic (exact) mass is 227 g/mol. The van der Waals surface area contributed by atoms with Crippen molar-refractivity contribution in [2.24, 2.45) is 12.8 Å². The van der Waals surface area contributed by atoms with Crippen molar-refractivity contribution in [3.05, 3.63) is 12.2 Å². The molecule has 0 unspecified atom stereocenters. The summed E-state index contributed by atoms with van der Waals surface area (Å²) in [5.74, 6) is -1.03. The number of aromatic nitrogens is 3. The van der Waals surface area contributed by atoms with Crippen molar-refractivity contribution in [2.45, 2.75) is 6.54 Å². The maximum atomic E-state index is 10.7. The van der Waals surface area contributed by atoms with Crippen LogP contribution in [0, 0.1) is 0 Å². The molecule has 8 heteroatoms. The molecule has 1 heterocycles. The van der Waals surface area contributed by atoms with E-state index < -0.39 is 11.9 Å². The Balaban J connectivity index is 2.66. The van der Waals surface area contributed by atoms with Gasteiger partial charge in [0.05, 0.1) is 19.6 Å². The second-order valence-electron chi connectivity index (χ2n) is 3.31. The van der Waals surface area contributed by atoms with Gasteiger partial charge in [-0.3, -0.25) is 19.2 Å². The van der Waals surface area contributed by atoms with Crippen LogP contribution in [0.2, 0.25) is 0 Å². The molecule has 1 aromatic heterocycles. The summed E-state index contributed by atoms with van der Waals surface area (Å²) in [5, 5.41) is 12.5. The summed E-state index contributed by atoms with van der Waals surface area (Å²) >= 11 is 0. The number of primary amides is 1. The van der Waals surface area contributed by atoms with Crippen LogP contribution >= 0.6 is 0 Å². The van der Waals surface area contributed by atoms with E-state index in [1.165, 1.54) is 15.9 Å². The maximum absolute atomic E-state index is 10.7. The molecule has 8 nitrogen and oxygen atoms in total. The Bertz CT molecular complexity index is 373. The lowest BCUT2D eigenvalue weighted by Gasteiger charge is -2.17. The van der Waals surface area contributed by atoms with Crippen molar-refractivity contribution in [3.8, 4) is 0 Å². The average Bonchev–Trinajstić information content (AvgIpc) is 2.49. The van der Waals surface area contributed by atoms with E-state index in [0.29, 0.717) is 5.82 Å². The maximum Gasteiger partial charge on any atom is 0.317 e. The Hall–Kier alpha value is -1.96. The lowest BCUT2D eigenvalue weighted by molar-refractivity contribution is -0.138. The van der Waals surface area contributed by atoms with Crippen LogP contribution in [0.4, 0.5) is 0 Å². The van der Waals surface area contributed by atoms with Crippen LogP contribution in [0.1, 0.15) is 5.82 Å². The molecule has 0 fully saturated rings. The summed E-state index contributed by atoms with van der Waals surface area (Å²) in [6.45, 7) is -0.180. The molecular weight excluding hydrogens is 214 g/mol. The quantitative estimate of drug-likeness (QED) is 0.591. The van der Waals surface area contributed by atoms with E-state index in [0.717, 1.165) is 0 Å². The highest BCUT2D eigenvalue weighted by molar-refractivity contribution is 5.77. The van der Waals surface area contributed by atoms with Crippen LogP contribution in [-0.4, -0.2) is 49.7 Å². The molecule has 0 radical (unpaired) electrons. The molecule has 0 aromatic carbocycles. The van der Waals surface area contributed by atoms with E-state index in [9.17, 15) is 9.59 Å². The summed E-state index contributed by atoms with van der Waals surface area (Å²) in [7, 11) is 1.69. The van der Waals surface area contributed by atoms with Crippen molar-refractivity contribution >= 4 is 11.9 Å². The van der Waals surface area contributed by atoms with Crippen LogP contribution in [0.25, 0.3) is 0 Å². The van der Waals surface area contributed by atoms with Crippen LogP contribution < -0.4 is 5.73 Å². The molecule has 3 N–H and O–H groups in total. The van der Waals surface area contributed by atoms with Gasteiger partial charge in [0.15, 0.2) is 0 Å². The minimum absolute atomic E-state index is 0.126. The first kappa shape index (κ1) is 12.1. The highest BCUT2D eigenvalue weighted by atomic mass is 16.4. The van der Waals surface area contributed by atoms with E-state index in [-0.39, 0.29) is 19.6 Å². The fourth-order valence-electron chi connectivity index (χ4n) is 1.24. The van der Waals surface area contributed by atoms with Gasteiger partial charge >= 0.3 is 5.97 Å². The van der Waals surface area contributed by atoms with Crippen LogP contribution in [0.5, 0.6) is 0 Å². The van der Waals surface area contributed by atoms with Crippen LogP contribution in [0.15, 0.2) is 6.33 Å². The number of carboxylic acid groups (broad SMARTS) is 1. The van der Waals surface area contributed by atoms with Gasteiger partial charge in [-0.15, -0.1) is 0 Å². The third-order valence-corrected chi connectivity index (χ3v) is 1.91. The lowest BCUT2D eigenvalue weighted by atomic mass is 10.4. The summed E-state index contributed by atoms with van der Waals surface area (Å²) in [5.41, 5.74) is 5.02. The van der Waals surface area contributed by atoms with Crippen molar-refractivity contribution in [1.29, 1.82) is 0 Å². The summed E-state index contributed by atoms with van der Waals surface area (Å²) < 4.78 is 1.51. The van der Waals surface area contributed by atoms with Gasteiger partial charge in [-0.2, -0.15) is 5.10 Å². The molecule has 0 aliphatic rings. The van der Waals surface area contributed by atoms with Crippen molar-refractivity contribution in [2.75, 3.05) is 13.1 Å². The molecule has 0 saturated carbocycles. The summed E-state index contributed by atoms with van der Waals surface area (Å²) in [6, 6.07) is 0. The predicted octanol–water partition coefficient (Wildman–Crippen LogP) is -1.81. The van der Waals surface area contributed by atoms with Crippen LogP contribution in [-0.2, 0) is 23.2 Å². The fraction of sp³-hybridized carbons (Fsp3) is 0.500. The van der Waals surface area contributed by atoms with Crippen LogP contribution in [0.3, 0.4) is 0 Å². The van der Waals surface area contributed by atoms with Crippen molar-refractivity contribution in [1.82, 2.24) is 19.7 Å². The van der Waals surface area contributed by atoms with Gasteiger partial charge in [0.1, 0.15) is 12.2 Å². The molecular formula is C8H13N5O3. The third kappa shape index (κ3) is 3.65. The van der Waals surface area contributed by atoms with E-state index in [2.05, 4.69) is 10.1 Å². The molecule has 0 aliphatic heterocycles. The molecule has 0 saturated heterocycles. The van der Waals surface area contributed by atoms with Gasteiger partial charge in [0.2, 0.25) is 5.91 Å². The highest BCUT2D eigenvalue weighted by Crippen LogP contribution is 1.99. The molecule has 0 aliphatic carbocycles. The normalized spacial score (nSPS) is 10.6. The number of aliphatic carboxylic acids is 1. The minimum Gasteiger partial charge on any atom is -0.480 e. The molecule has 1 aromatic rings. The largest absolute Gasteiger partial charge is 0.480 e. The zero-order valence-corrected chi connectivity index (χ0v) is 8.83. The lowest BCUT2D eigenvalue weighted by Crippen LogP contribution is -2.37. The average molecular weight is 227 g/mol. The zero-order chi connectivity index (χ0) is 12.1. The first-order valence-corrected chi connectivity index (χ1v) is 4.54. The molecule has 16 heavy (non-hydrogen) atoms. The Morgan fingerprint density at radius 1 is 1.56 bits per heavy atom. The van der Waals surface area contributed by atoms with Gasteiger partial charge < -0.3 is 10.8 Å². The second-order valence-corrected chi connectivity index (χ2v) is 3.31. The standard InChI is InChI=1S/C8H13N5O3/c1-12-7(10-5-11-12)3-13(2-6(9)14)4-8(15)16/h5H,2-4H2,1H3,(H2,9,14)(H,15,16). The molecule has 1 rings (SSSR count). The number of hydrogen-bond acceptors (Lipinski definition) is 5. The second kappa shape index (κ2) is 5.21. The van der Waals surface area contributed by atoms with Gasteiger partial charge in [-0.25, -0.2) is 4.98 Å². The first-order valence-electron chi connectivity index (χ1n) is 4.54. The van der Waals surface area contributed by atoms with E-state index in [1.54, 1.807) is 7.05 Å². The van der Waals surface area contributed by atoms with E-state index in [4.69, 9.17) is 10.8 Å². The number of carbonyl (C=O) groups excluding carboxylic acids is 1. The number of nitrogens with zero attached hydrogens (tertiary/aromatic N) is 4. The van der Waals surface area contributed by atoms with Gasteiger partial charge in [0.25, 0.3) is 0 Å². The number of rotatable bonds is 6. The number of carboxylic acids is 1. The minimum atomic E-state index is -1.02. The first-order chi connectivity index (χ1) is 7.49. The molecule has 0 spiro atoms. The Morgan fingerprint density at radius 3 is 2.69 bits per heavy atom. The van der Waals surface area contributed by atoms with Crippen molar-refractivity contribution in [3.63, 3.8) is 0 Å².